The molecular weight excluding hydrogens is 372 g/mol. The van der Waals surface area contributed by atoms with Crippen LogP contribution in [0.15, 0.2) is 67.5 Å². The average molecular weight is 385 g/mol. The molecule has 1 N–H and O–H groups in total. The lowest BCUT2D eigenvalue weighted by Gasteiger charge is -2.01. The predicted octanol–water partition coefficient (Wildman–Crippen LogP) is 3.63. The minimum Gasteiger partial charge on any atom is -0.463 e. The number of carbonyl (C=O) groups is 1. The summed E-state index contributed by atoms with van der Waals surface area (Å²) < 4.78 is 6.19. The maximum absolute atomic E-state index is 12.4. The van der Waals surface area contributed by atoms with Gasteiger partial charge in [0.2, 0.25) is 5.43 Å². The molecule has 0 saturated heterocycles. The van der Waals surface area contributed by atoms with Crippen LogP contribution in [0.1, 0.15) is 21.5 Å². The Kier molecular flexibility index (Phi) is 4.57. The smallest absolute Gasteiger partial charge is 0.271 e. The molecule has 0 spiro atoms. The molecule has 3 rings (SSSR count). The van der Waals surface area contributed by atoms with Crippen LogP contribution in [0.2, 0.25) is 0 Å². The lowest BCUT2D eigenvalue weighted by atomic mass is 10.1. The van der Waals surface area contributed by atoms with E-state index < -0.39 is 0 Å². The van der Waals surface area contributed by atoms with E-state index in [4.69, 9.17) is 4.42 Å². The van der Waals surface area contributed by atoms with Gasteiger partial charge in [-0.1, -0.05) is 33.6 Å². The maximum atomic E-state index is 12.4. The first kappa shape index (κ1) is 16.1. The molecule has 120 valence electrons. The molecule has 5 nitrogen and oxygen atoms in total. The van der Waals surface area contributed by atoms with Crippen molar-refractivity contribution in [3.05, 3.63) is 80.1 Å². The number of benzene rings is 2. The highest BCUT2D eigenvalue weighted by atomic mass is 79.9. The van der Waals surface area contributed by atoms with Crippen molar-refractivity contribution in [2.24, 2.45) is 5.10 Å². The second kappa shape index (κ2) is 6.80. The lowest BCUT2D eigenvalue weighted by Crippen LogP contribution is -2.18. The number of fused-ring (bicyclic) bond motifs is 1. The van der Waals surface area contributed by atoms with Crippen molar-refractivity contribution in [3.63, 3.8) is 0 Å². The van der Waals surface area contributed by atoms with Crippen molar-refractivity contribution in [1.82, 2.24) is 5.43 Å². The molecule has 24 heavy (non-hydrogen) atoms. The van der Waals surface area contributed by atoms with Gasteiger partial charge in [0.15, 0.2) is 0 Å². The highest BCUT2D eigenvalue weighted by molar-refractivity contribution is 9.10. The molecule has 0 fully saturated rings. The number of aryl methyl sites for hydroxylation is 1. The van der Waals surface area contributed by atoms with Gasteiger partial charge >= 0.3 is 0 Å². The lowest BCUT2D eigenvalue weighted by molar-refractivity contribution is 0.0955. The monoisotopic (exact) mass is 384 g/mol. The number of carbonyl (C=O) groups excluding carboxylic acids is 1. The molecule has 0 aliphatic heterocycles. The molecule has 0 saturated carbocycles. The number of nitrogens with one attached hydrogen (secondary N) is 1. The van der Waals surface area contributed by atoms with Crippen molar-refractivity contribution >= 4 is 39.0 Å². The standard InChI is InChI=1S/C18H13BrN2O3/c1-11-2-4-12(5-3-11)18(23)21-20-9-13-10-24-16-7-6-14(19)8-15(16)17(13)22/h2-10H,1H3,(H,21,23)/b20-9+. The van der Waals surface area contributed by atoms with Crippen molar-refractivity contribution in [2.45, 2.75) is 6.92 Å². The number of rotatable bonds is 3. The van der Waals surface area contributed by atoms with Crippen LogP contribution in [-0.2, 0) is 0 Å². The van der Waals surface area contributed by atoms with E-state index in [1.54, 1.807) is 30.3 Å². The van der Waals surface area contributed by atoms with Gasteiger partial charge in [0.1, 0.15) is 11.8 Å². The van der Waals surface area contributed by atoms with E-state index in [9.17, 15) is 9.59 Å². The third-order valence-electron chi connectivity index (χ3n) is 3.44. The number of amides is 1. The normalized spacial score (nSPS) is 11.1. The minimum absolute atomic E-state index is 0.217. The Morgan fingerprint density at radius 3 is 2.71 bits per heavy atom. The summed E-state index contributed by atoms with van der Waals surface area (Å²) in [6.45, 7) is 1.94. The fourth-order valence-electron chi connectivity index (χ4n) is 2.14. The third-order valence-corrected chi connectivity index (χ3v) is 3.94. The molecular formula is C18H13BrN2O3. The summed E-state index contributed by atoms with van der Waals surface area (Å²) in [4.78, 5) is 24.3. The minimum atomic E-state index is -0.348. The zero-order chi connectivity index (χ0) is 17.1. The number of nitrogens with zero attached hydrogens (tertiary/aromatic N) is 1. The molecule has 1 amide bonds. The highest BCUT2D eigenvalue weighted by Crippen LogP contribution is 2.17. The van der Waals surface area contributed by atoms with E-state index in [1.165, 1.54) is 12.5 Å². The maximum Gasteiger partial charge on any atom is 0.271 e. The molecule has 0 bridgehead atoms. The molecule has 0 atom stereocenters. The molecule has 0 radical (unpaired) electrons. The molecule has 2 aromatic carbocycles. The Hall–Kier alpha value is -2.73. The van der Waals surface area contributed by atoms with Crippen molar-refractivity contribution in [2.75, 3.05) is 0 Å². The zero-order valence-corrected chi connectivity index (χ0v) is 14.3. The van der Waals surface area contributed by atoms with Crippen molar-refractivity contribution in [3.8, 4) is 0 Å². The zero-order valence-electron chi connectivity index (χ0n) is 12.7. The average Bonchev–Trinajstić information content (AvgIpc) is 2.58. The van der Waals surface area contributed by atoms with Gasteiger partial charge < -0.3 is 4.42 Å². The van der Waals surface area contributed by atoms with Crippen LogP contribution in [-0.4, -0.2) is 12.1 Å². The summed E-state index contributed by atoms with van der Waals surface area (Å²) in [5, 5.41) is 4.28. The Morgan fingerprint density at radius 1 is 1.21 bits per heavy atom. The topological polar surface area (TPSA) is 71.7 Å². The van der Waals surface area contributed by atoms with Gasteiger partial charge in [-0.25, -0.2) is 5.43 Å². The second-order valence-corrected chi connectivity index (χ2v) is 6.14. The molecule has 0 aliphatic rings. The second-order valence-electron chi connectivity index (χ2n) is 5.23. The van der Waals surface area contributed by atoms with Gasteiger partial charge in [-0.15, -0.1) is 0 Å². The Bertz CT molecular complexity index is 991. The van der Waals surface area contributed by atoms with Gasteiger partial charge in [0.25, 0.3) is 5.91 Å². The van der Waals surface area contributed by atoms with E-state index in [0.717, 1.165) is 10.0 Å². The molecule has 3 aromatic rings. The predicted molar refractivity (Wildman–Crippen MR) is 96.4 cm³/mol. The van der Waals surface area contributed by atoms with Gasteiger partial charge in [-0.3, -0.25) is 9.59 Å². The largest absolute Gasteiger partial charge is 0.463 e. The molecule has 0 unspecified atom stereocenters. The molecule has 1 heterocycles. The summed E-state index contributed by atoms with van der Waals surface area (Å²) in [5.41, 5.74) is 4.48. The first-order chi connectivity index (χ1) is 11.5. The van der Waals surface area contributed by atoms with Gasteiger partial charge in [-0.2, -0.15) is 5.10 Å². The summed E-state index contributed by atoms with van der Waals surface area (Å²) in [5.74, 6) is -0.348. The van der Waals surface area contributed by atoms with Crippen LogP contribution in [0.5, 0.6) is 0 Å². The summed E-state index contributed by atoms with van der Waals surface area (Å²) in [6.07, 6.45) is 2.60. The first-order valence-electron chi connectivity index (χ1n) is 7.16. The van der Waals surface area contributed by atoms with Crippen LogP contribution in [0.3, 0.4) is 0 Å². The van der Waals surface area contributed by atoms with E-state index in [-0.39, 0.29) is 16.9 Å². The van der Waals surface area contributed by atoms with Gasteiger partial charge in [0, 0.05) is 10.0 Å². The molecule has 0 aliphatic carbocycles. The highest BCUT2D eigenvalue weighted by Gasteiger charge is 2.07. The quantitative estimate of drug-likeness (QED) is 0.553. The number of halogens is 1. The van der Waals surface area contributed by atoms with Gasteiger partial charge in [0.05, 0.1) is 17.2 Å². The van der Waals surface area contributed by atoms with E-state index in [0.29, 0.717) is 16.5 Å². The van der Waals surface area contributed by atoms with E-state index >= 15 is 0 Å². The Balaban J connectivity index is 1.80. The Morgan fingerprint density at radius 2 is 1.96 bits per heavy atom. The third kappa shape index (κ3) is 3.44. The van der Waals surface area contributed by atoms with Crippen molar-refractivity contribution in [1.29, 1.82) is 0 Å². The summed E-state index contributed by atoms with van der Waals surface area (Å²) in [7, 11) is 0. The van der Waals surface area contributed by atoms with Crippen LogP contribution in [0, 0.1) is 6.92 Å². The van der Waals surface area contributed by atoms with E-state index in [1.807, 2.05) is 19.1 Å². The van der Waals surface area contributed by atoms with Crippen molar-refractivity contribution < 1.29 is 9.21 Å². The van der Waals surface area contributed by atoms with Crippen LogP contribution < -0.4 is 10.9 Å². The summed E-state index contributed by atoms with van der Waals surface area (Å²) in [6, 6.07) is 12.3. The first-order valence-corrected chi connectivity index (χ1v) is 7.95. The van der Waals surface area contributed by atoms with Crippen LogP contribution in [0.25, 0.3) is 11.0 Å². The number of hydrazone groups is 1. The Labute approximate surface area is 146 Å². The van der Waals surface area contributed by atoms with Crippen LogP contribution >= 0.6 is 15.9 Å². The number of hydrogen-bond acceptors (Lipinski definition) is 4. The van der Waals surface area contributed by atoms with E-state index in [2.05, 4.69) is 26.5 Å². The van der Waals surface area contributed by atoms with Gasteiger partial charge in [-0.05, 0) is 37.3 Å². The fourth-order valence-corrected chi connectivity index (χ4v) is 2.50. The molecule has 6 heteroatoms. The molecule has 1 aromatic heterocycles. The van der Waals surface area contributed by atoms with Crippen LogP contribution in [0.4, 0.5) is 0 Å². The SMILES string of the molecule is Cc1ccc(C(=O)N/N=C/c2coc3ccc(Br)cc3c2=O)cc1. The number of hydrogen-bond donors (Lipinski definition) is 1. The fraction of sp³-hybridized carbons (Fsp3) is 0.0556. The summed E-state index contributed by atoms with van der Waals surface area (Å²) >= 11 is 3.32.